The quantitative estimate of drug-likeness (QED) is 0.559. The maximum atomic E-state index is 12.0. The van der Waals surface area contributed by atoms with Crippen LogP contribution in [0.3, 0.4) is 0 Å². The zero-order valence-electron chi connectivity index (χ0n) is 9.07. The van der Waals surface area contributed by atoms with Crippen LogP contribution in [0.5, 0.6) is 0 Å². The normalized spacial score (nSPS) is 10.5. The Morgan fingerprint density at radius 1 is 1.17 bits per heavy atom. The fourth-order valence-corrected chi connectivity index (χ4v) is 3.81. The van der Waals surface area contributed by atoms with Crippen LogP contribution in [-0.2, 0) is 9.59 Å². The fraction of sp³-hybridized carbons (Fsp3) is 0.300. The summed E-state index contributed by atoms with van der Waals surface area (Å²) in [6.45, 7) is 0. The van der Waals surface area contributed by atoms with E-state index in [4.69, 9.17) is 10.2 Å². The number of carbonyl (C=O) groups excluding carboxylic acids is 1. The van der Waals surface area contributed by atoms with Crippen molar-refractivity contribution in [2.45, 2.75) is 4.58 Å². The van der Waals surface area contributed by atoms with Gasteiger partial charge in [0.15, 0.2) is 5.78 Å². The number of thioether (sulfide) groups is 2. The highest BCUT2D eigenvalue weighted by atomic mass is 32.2. The molecule has 0 amide bonds. The second kappa shape index (κ2) is 7.45. The molecule has 0 atom stereocenters. The average molecular weight is 306 g/mol. The third kappa shape index (κ3) is 5.11. The van der Waals surface area contributed by atoms with E-state index in [9.17, 15) is 14.4 Å². The number of ketones is 1. The maximum absolute atomic E-state index is 12.0. The maximum Gasteiger partial charge on any atom is 0.313 e. The van der Waals surface area contributed by atoms with Gasteiger partial charge in [-0.15, -0.1) is 34.9 Å². The van der Waals surface area contributed by atoms with Crippen molar-refractivity contribution in [1.82, 2.24) is 0 Å². The molecule has 2 N–H and O–H groups in total. The summed E-state index contributed by atoms with van der Waals surface area (Å²) in [5.74, 6) is -2.75. The van der Waals surface area contributed by atoms with Crippen molar-refractivity contribution in [3.8, 4) is 0 Å². The summed E-state index contributed by atoms with van der Waals surface area (Å²) < 4.78 is -0.698. The lowest BCUT2D eigenvalue weighted by Gasteiger charge is -2.11. The van der Waals surface area contributed by atoms with Gasteiger partial charge in [0.25, 0.3) is 0 Å². The van der Waals surface area contributed by atoms with Crippen molar-refractivity contribution >= 4 is 52.6 Å². The molecule has 18 heavy (non-hydrogen) atoms. The molecule has 5 nitrogen and oxygen atoms in total. The molecule has 1 rings (SSSR count). The van der Waals surface area contributed by atoms with Crippen molar-refractivity contribution in [3.63, 3.8) is 0 Å². The van der Waals surface area contributed by atoms with Gasteiger partial charge in [-0.2, -0.15) is 0 Å². The highest BCUT2D eigenvalue weighted by Crippen LogP contribution is 2.28. The molecule has 0 bridgehead atoms. The molecule has 0 fully saturated rings. The molecule has 0 saturated heterocycles. The number of Topliss-reactive ketones (excluding diaryl/α,β-unsaturated/α-hetero) is 1. The standard InChI is InChI=1S/C10H10O5S3/c11-7(12)4-17-10(18-5-8(13)14)9(15)6-2-1-3-16-6/h1-3,10H,4-5H2,(H,11,12)(H,13,14). The Morgan fingerprint density at radius 3 is 2.11 bits per heavy atom. The molecular weight excluding hydrogens is 296 g/mol. The Kier molecular flexibility index (Phi) is 6.23. The Morgan fingerprint density at radius 2 is 1.72 bits per heavy atom. The summed E-state index contributed by atoms with van der Waals surface area (Å²) in [5, 5.41) is 18.9. The highest BCUT2D eigenvalue weighted by molar-refractivity contribution is 8.18. The van der Waals surface area contributed by atoms with Crippen molar-refractivity contribution in [1.29, 1.82) is 0 Å². The van der Waals surface area contributed by atoms with Crippen LogP contribution in [-0.4, -0.2) is 44.0 Å². The van der Waals surface area contributed by atoms with E-state index >= 15 is 0 Å². The number of carbonyl (C=O) groups is 3. The van der Waals surface area contributed by atoms with E-state index in [0.717, 1.165) is 23.5 Å². The monoisotopic (exact) mass is 306 g/mol. The summed E-state index contributed by atoms with van der Waals surface area (Å²) in [6.07, 6.45) is 0. The molecule has 1 aromatic rings. The van der Waals surface area contributed by atoms with Gasteiger partial charge in [-0.25, -0.2) is 0 Å². The van der Waals surface area contributed by atoms with E-state index in [2.05, 4.69) is 0 Å². The number of carboxylic acids is 2. The number of hydrogen-bond donors (Lipinski definition) is 2. The lowest BCUT2D eigenvalue weighted by atomic mass is 10.3. The second-order valence-corrected chi connectivity index (χ2v) is 6.52. The van der Waals surface area contributed by atoms with Crippen LogP contribution in [0.15, 0.2) is 17.5 Å². The van der Waals surface area contributed by atoms with Crippen molar-refractivity contribution in [2.24, 2.45) is 0 Å². The third-order valence-electron chi connectivity index (χ3n) is 1.69. The van der Waals surface area contributed by atoms with Crippen LogP contribution in [0.4, 0.5) is 0 Å². The summed E-state index contributed by atoms with van der Waals surface area (Å²) >= 11 is 3.13. The largest absolute Gasteiger partial charge is 0.481 e. The van der Waals surface area contributed by atoms with Gasteiger partial charge >= 0.3 is 11.9 Å². The van der Waals surface area contributed by atoms with E-state index in [1.165, 1.54) is 11.3 Å². The van der Waals surface area contributed by atoms with Crippen LogP contribution in [0, 0.1) is 0 Å². The van der Waals surface area contributed by atoms with E-state index in [1.807, 2.05) is 0 Å². The lowest BCUT2D eigenvalue weighted by molar-refractivity contribution is -0.134. The van der Waals surface area contributed by atoms with Crippen LogP contribution in [0.25, 0.3) is 0 Å². The van der Waals surface area contributed by atoms with Gasteiger partial charge in [0, 0.05) is 0 Å². The molecule has 0 saturated carbocycles. The van der Waals surface area contributed by atoms with E-state index < -0.39 is 16.5 Å². The number of carboxylic acid groups (broad SMARTS) is 2. The molecule has 0 aliphatic carbocycles. The summed E-state index contributed by atoms with van der Waals surface area (Å²) in [6, 6.07) is 3.36. The van der Waals surface area contributed by atoms with Crippen LogP contribution < -0.4 is 0 Å². The molecule has 1 heterocycles. The highest BCUT2D eigenvalue weighted by Gasteiger charge is 2.23. The van der Waals surface area contributed by atoms with Gasteiger partial charge in [0.05, 0.1) is 16.4 Å². The molecule has 1 aromatic heterocycles. The van der Waals surface area contributed by atoms with Crippen LogP contribution in [0.2, 0.25) is 0 Å². The Balaban J connectivity index is 2.66. The third-order valence-corrected chi connectivity index (χ3v) is 5.26. The molecule has 0 aliphatic heterocycles. The Labute approximate surface area is 116 Å². The van der Waals surface area contributed by atoms with Crippen LogP contribution in [0.1, 0.15) is 9.67 Å². The molecule has 0 spiro atoms. The summed E-state index contributed by atoms with van der Waals surface area (Å²) in [7, 11) is 0. The fourth-order valence-electron chi connectivity index (χ4n) is 1.03. The van der Waals surface area contributed by atoms with Gasteiger partial charge in [-0.05, 0) is 11.4 Å². The first-order chi connectivity index (χ1) is 8.50. The second-order valence-electron chi connectivity index (χ2n) is 3.08. The van der Waals surface area contributed by atoms with Gasteiger partial charge < -0.3 is 10.2 Å². The Hall–Kier alpha value is -0.990. The summed E-state index contributed by atoms with van der Waals surface area (Å²) in [5.41, 5.74) is 0. The smallest absolute Gasteiger partial charge is 0.313 e. The van der Waals surface area contributed by atoms with E-state index in [-0.39, 0.29) is 17.3 Å². The molecular formula is C10H10O5S3. The first-order valence-electron chi connectivity index (χ1n) is 4.75. The van der Waals surface area contributed by atoms with E-state index in [1.54, 1.807) is 17.5 Å². The first-order valence-corrected chi connectivity index (χ1v) is 7.73. The molecule has 0 radical (unpaired) electrons. The minimum Gasteiger partial charge on any atom is -0.481 e. The van der Waals surface area contributed by atoms with Crippen molar-refractivity contribution in [3.05, 3.63) is 22.4 Å². The van der Waals surface area contributed by atoms with Gasteiger partial charge in [-0.1, -0.05) is 6.07 Å². The predicted octanol–water partition coefficient (Wildman–Crippen LogP) is 1.89. The Bertz CT molecular complexity index is 411. The number of thiophene rings is 1. The SMILES string of the molecule is O=C(O)CSC(SCC(=O)O)C(=O)c1cccs1. The number of rotatable bonds is 8. The van der Waals surface area contributed by atoms with Gasteiger partial charge in [-0.3, -0.25) is 14.4 Å². The molecule has 98 valence electrons. The van der Waals surface area contributed by atoms with Crippen LogP contribution >= 0.6 is 34.9 Å². The minimum atomic E-state index is -1.03. The number of aliphatic carboxylic acids is 2. The van der Waals surface area contributed by atoms with E-state index in [0.29, 0.717) is 4.88 Å². The molecule has 8 heteroatoms. The zero-order valence-corrected chi connectivity index (χ0v) is 11.5. The molecule has 0 unspecified atom stereocenters. The topological polar surface area (TPSA) is 91.7 Å². The predicted molar refractivity (Wildman–Crippen MR) is 72.6 cm³/mol. The molecule has 0 aromatic carbocycles. The number of hydrogen-bond acceptors (Lipinski definition) is 6. The summed E-state index contributed by atoms with van der Waals surface area (Å²) in [4.78, 5) is 33.5. The lowest BCUT2D eigenvalue weighted by Crippen LogP contribution is -2.17. The van der Waals surface area contributed by atoms with Gasteiger partial charge in [0.2, 0.25) is 0 Å². The van der Waals surface area contributed by atoms with Gasteiger partial charge in [0.1, 0.15) is 4.58 Å². The first kappa shape index (κ1) is 15.1. The molecule has 0 aliphatic rings. The van der Waals surface area contributed by atoms with Crippen molar-refractivity contribution < 1.29 is 24.6 Å². The zero-order chi connectivity index (χ0) is 13.5. The van der Waals surface area contributed by atoms with Crippen molar-refractivity contribution in [2.75, 3.05) is 11.5 Å². The average Bonchev–Trinajstić information content (AvgIpc) is 2.81. The minimum absolute atomic E-state index is 0.228.